The number of imide groups is 1. The Labute approximate surface area is 112 Å². The molecule has 1 atom stereocenters. The molecule has 4 heteroatoms. The van der Waals surface area contributed by atoms with Crippen LogP contribution in [0.2, 0.25) is 0 Å². The zero-order valence-electron chi connectivity index (χ0n) is 11.2. The van der Waals surface area contributed by atoms with Crippen LogP contribution in [0.15, 0.2) is 41.5 Å². The molecule has 1 heterocycles. The van der Waals surface area contributed by atoms with Crippen molar-refractivity contribution in [2.75, 3.05) is 6.54 Å². The number of carbonyl (C=O) groups is 2. The highest BCUT2D eigenvalue weighted by molar-refractivity contribution is 6.18. The summed E-state index contributed by atoms with van der Waals surface area (Å²) in [6.45, 7) is 3.74. The van der Waals surface area contributed by atoms with E-state index in [9.17, 15) is 9.59 Å². The number of nitrogens with zero attached hydrogens (tertiary/aromatic N) is 1. The van der Waals surface area contributed by atoms with Gasteiger partial charge in [-0.15, -0.1) is 0 Å². The van der Waals surface area contributed by atoms with Crippen molar-refractivity contribution in [3.8, 4) is 0 Å². The van der Waals surface area contributed by atoms with E-state index in [-0.39, 0.29) is 17.9 Å². The molecule has 0 radical (unpaired) electrons. The van der Waals surface area contributed by atoms with Gasteiger partial charge in [-0.25, -0.2) is 0 Å². The van der Waals surface area contributed by atoms with Gasteiger partial charge in [-0.1, -0.05) is 30.3 Å². The first kappa shape index (κ1) is 13.5. The van der Waals surface area contributed by atoms with Gasteiger partial charge in [-0.3, -0.25) is 14.5 Å². The van der Waals surface area contributed by atoms with E-state index in [1.165, 1.54) is 4.90 Å². The fourth-order valence-corrected chi connectivity index (χ4v) is 2.16. The summed E-state index contributed by atoms with van der Waals surface area (Å²) in [5.41, 5.74) is 8.17. The van der Waals surface area contributed by atoms with Crippen LogP contribution in [0.3, 0.4) is 0 Å². The van der Waals surface area contributed by atoms with Crippen LogP contribution in [0.4, 0.5) is 0 Å². The molecule has 1 aliphatic heterocycles. The molecule has 0 saturated heterocycles. The number of hydrogen-bond acceptors (Lipinski definition) is 3. The van der Waals surface area contributed by atoms with Crippen LogP contribution in [0.1, 0.15) is 31.9 Å². The molecule has 4 nitrogen and oxygen atoms in total. The Balaban J connectivity index is 1.98. The van der Waals surface area contributed by atoms with E-state index < -0.39 is 0 Å². The maximum atomic E-state index is 11.9. The second-order valence-corrected chi connectivity index (χ2v) is 4.82. The van der Waals surface area contributed by atoms with Gasteiger partial charge in [0, 0.05) is 23.7 Å². The Bertz CT molecular complexity index is 510. The van der Waals surface area contributed by atoms with Crippen LogP contribution in [-0.4, -0.2) is 23.3 Å². The van der Waals surface area contributed by atoms with Gasteiger partial charge in [-0.05, 0) is 25.8 Å². The van der Waals surface area contributed by atoms with E-state index in [1.54, 1.807) is 13.8 Å². The summed E-state index contributed by atoms with van der Waals surface area (Å²) in [5, 5.41) is 0. The standard InChI is InChI=1S/C15H18N2O2/c1-10-11(2)15(19)17(14(10)18)9-8-13(16)12-6-4-3-5-7-12/h3-7,13H,8-9,16H2,1-2H3. The molecule has 0 spiro atoms. The number of carbonyl (C=O) groups excluding carboxylic acids is 2. The van der Waals surface area contributed by atoms with Gasteiger partial charge in [0.15, 0.2) is 0 Å². The molecule has 1 aliphatic rings. The lowest BCUT2D eigenvalue weighted by atomic mass is 10.0. The van der Waals surface area contributed by atoms with Gasteiger partial charge >= 0.3 is 0 Å². The maximum Gasteiger partial charge on any atom is 0.256 e. The molecular weight excluding hydrogens is 240 g/mol. The van der Waals surface area contributed by atoms with E-state index in [2.05, 4.69) is 0 Å². The Kier molecular flexibility index (Phi) is 3.81. The van der Waals surface area contributed by atoms with Gasteiger partial charge in [-0.2, -0.15) is 0 Å². The van der Waals surface area contributed by atoms with Crippen molar-refractivity contribution in [2.45, 2.75) is 26.3 Å². The summed E-state index contributed by atoms with van der Waals surface area (Å²) < 4.78 is 0. The van der Waals surface area contributed by atoms with Gasteiger partial charge < -0.3 is 5.73 Å². The highest BCUT2D eigenvalue weighted by Gasteiger charge is 2.32. The zero-order valence-corrected chi connectivity index (χ0v) is 11.2. The predicted molar refractivity (Wildman–Crippen MR) is 73.1 cm³/mol. The van der Waals surface area contributed by atoms with Gasteiger partial charge in [0.05, 0.1) is 0 Å². The Morgan fingerprint density at radius 1 is 1.05 bits per heavy atom. The summed E-state index contributed by atoms with van der Waals surface area (Å²) in [7, 11) is 0. The van der Waals surface area contributed by atoms with Gasteiger partial charge in [0.1, 0.15) is 0 Å². The Morgan fingerprint density at radius 2 is 1.58 bits per heavy atom. The molecule has 0 aliphatic carbocycles. The molecule has 0 saturated carbocycles. The summed E-state index contributed by atoms with van der Waals surface area (Å²) in [4.78, 5) is 25.0. The average molecular weight is 258 g/mol. The fourth-order valence-electron chi connectivity index (χ4n) is 2.16. The number of benzene rings is 1. The van der Waals surface area contributed by atoms with Crippen LogP contribution in [0, 0.1) is 0 Å². The second kappa shape index (κ2) is 5.36. The first-order valence-electron chi connectivity index (χ1n) is 6.36. The normalized spacial score (nSPS) is 17.3. The van der Waals surface area contributed by atoms with Gasteiger partial charge in [0.2, 0.25) is 0 Å². The van der Waals surface area contributed by atoms with Crippen molar-refractivity contribution in [1.29, 1.82) is 0 Å². The molecule has 100 valence electrons. The minimum Gasteiger partial charge on any atom is -0.324 e. The number of rotatable bonds is 4. The molecule has 1 aromatic rings. The van der Waals surface area contributed by atoms with Gasteiger partial charge in [0.25, 0.3) is 11.8 Å². The average Bonchev–Trinajstić information content (AvgIpc) is 2.62. The van der Waals surface area contributed by atoms with E-state index in [0.717, 1.165) is 5.56 Å². The lowest BCUT2D eigenvalue weighted by Gasteiger charge is -2.18. The summed E-state index contributed by atoms with van der Waals surface area (Å²) in [6.07, 6.45) is 0.571. The van der Waals surface area contributed by atoms with Crippen LogP contribution >= 0.6 is 0 Å². The molecule has 1 aromatic carbocycles. The number of nitrogens with two attached hydrogens (primary N) is 1. The highest BCUT2D eigenvalue weighted by atomic mass is 16.2. The zero-order chi connectivity index (χ0) is 14.0. The largest absolute Gasteiger partial charge is 0.324 e. The fraction of sp³-hybridized carbons (Fsp3) is 0.333. The van der Waals surface area contributed by atoms with Crippen molar-refractivity contribution in [3.63, 3.8) is 0 Å². The summed E-state index contributed by atoms with van der Waals surface area (Å²) >= 11 is 0. The molecule has 2 N–H and O–H groups in total. The minimum absolute atomic E-state index is 0.164. The lowest BCUT2D eigenvalue weighted by molar-refractivity contribution is -0.137. The Hall–Kier alpha value is -1.94. The van der Waals surface area contributed by atoms with Crippen molar-refractivity contribution < 1.29 is 9.59 Å². The molecule has 0 aromatic heterocycles. The van der Waals surface area contributed by atoms with E-state index in [0.29, 0.717) is 24.1 Å². The van der Waals surface area contributed by atoms with Crippen LogP contribution in [0.25, 0.3) is 0 Å². The third-order valence-corrected chi connectivity index (χ3v) is 3.59. The summed E-state index contributed by atoms with van der Waals surface area (Å²) in [5.74, 6) is -0.384. The number of amides is 2. The van der Waals surface area contributed by atoms with E-state index >= 15 is 0 Å². The van der Waals surface area contributed by atoms with Crippen molar-refractivity contribution in [1.82, 2.24) is 4.90 Å². The summed E-state index contributed by atoms with van der Waals surface area (Å²) in [6, 6.07) is 9.53. The monoisotopic (exact) mass is 258 g/mol. The predicted octanol–water partition coefficient (Wildman–Crippen LogP) is 1.78. The van der Waals surface area contributed by atoms with Crippen molar-refractivity contribution in [3.05, 3.63) is 47.0 Å². The molecule has 0 fully saturated rings. The third kappa shape index (κ3) is 2.58. The lowest BCUT2D eigenvalue weighted by Crippen LogP contribution is -2.34. The van der Waals surface area contributed by atoms with Crippen LogP contribution < -0.4 is 5.73 Å². The topological polar surface area (TPSA) is 63.4 Å². The van der Waals surface area contributed by atoms with E-state index in [4.69, 9.17) is 5.73 Å². The molecule has 1 unspecified atom stereocenters. The van der Waals surface area contributed by atoms with Crippen LogP contribution in [-0.2, 0) is 9.59 Å². The molecule has 0 bridgehead atoms. The molecule has 19 heavy (non-hydrogen) atoms. The highest BCUT2D eigenvalue weighted by Crippen LogP contribution is 2.21. The molecular formula is C15H18N2O2. The van der Waals surface area contributed by atoms with E-state index in [1.807, 2.05) is 30.3 Å². The first-order valence-corrected chi connectivity index (χ1v) is 6.36. The molecule has 2 amide bonds. The SMILES string of the molecule is CC1=C(C)C(=O)N(CCC(N)c2ccccc2)C1=O. The van der Waals surface area contributed by atoms with Crippen molar-refractivity contribution in [2.24, 2.45) is 5.73 Å². The Morgan fingerprint density at radius 3 is 2.11 bits per heavy atom. The smallest absolute Gasteiger partial charge is 0.256 e. The minimum atomic E-state index is -0.192. The van der Waals surface area contributed by atoms with Crippen molar-refractivity contribution >= 4 is 11.8 Å². The quantitative estimate of drug-likeness (QED) is 0.837. The van der Waals surface area contributed by atoms with Crippen LogP contribution in [0.5, 0.6) is 0 Å². The maximum absolute atomic E-state index is 11.9. The second-order valence-electron chi connectivity index (χ2n) is 4.82. The first-order chi connectivity index (χ1) is 9.02. The number of hydrogen-bond donors (Lipinski definition) is 1. The molecule has 2 rings (SSSR count). The third-order valence-electron chi connectivity index (χ3n) is 3.59.